The van der Waals surface area contributed by atoms with Crippen molar-refractivity contribution < 1.29 is 24.2 Å². The third-order valence-electron chi connectivity index (χ3n) is 5.07. The predicted octanol–water partition coefficient (Wildman–Crippen LogP) is 4.83. The van der Waals surface area contributed by atoms with E-state index < -0.39 is 6.09 Å². The second-order valence-corrected chi connectivity index (χ2v) is 8.96. The van der Waals surface area contributed by atoms with Crippen LogP contribution in [0, 0.1) is 0 Å². The molecule has 0 spiro atoms. The normalized spacial score (nSPS) is 10.7. The number of carbonyl (C=O) groups excluding carboxylic acids is 2. The van der Waals surface area contributed by atoms with E-state index in [2.05, 4.69) is 15.6 Å². The van der Waals surface area contributed by atoms with E-state index in [0.29, 0.717) is 50.9 Å². The lowest BCUT2D eigenvalue weighted by atomic mass is 10.2. The zero-order valence-electron chi connectivity index (χ0n) is 19.0. The third-order valence-corrected chi connectivity index (χ3v) is 6.36. The monoisotopic (exact) mass is 526 g/mol. The molecule has 36 heavy (non-hydrogen) atoms. The predicted molar refractivity (Wildman–Crippen MR) is 140 cm³/mol. The number of ether oxygens (including phenoxy) is 2. The Morgan fingerprint density at radius 1 is 1.17 bits per heavy atom. The number of carbonyl (C=O) groups is 2. The highest BCUT2D eigenvalue weighted by Gasteiger charge is 2.16. The van der Waals surface area contributed by atoms with Crippen LogP contribution in [-0.2, 0) is 6.61 Å². The lowest BCUT2D eigenvalue weighted by Crippen LogP contribution is -2.28. The smallest absolute Gasteiger partial charge is 0.412 e. The van der Waals surface area contributed by atoms with E-state index in [0.717, 1.165) is 5.56 Å². The van der Waals surface area contributed by atoms with Gasteiger partial charge in [0, 0.05) is 46.4 Å². The van der Waals surface area contributed by atoms with Gasteiger partial charge in [0.1, 0.15) is 18.2 Å². The molecule has 4 aromatic rings. The second-order valence-electron chi connectivity index (χ2n) is 7.64. The number of hydrogen-bond acceptors (Lipinski definition) is 8. The lowest BCUT2D eigenvalue weighted by Gasteiger charge is -2.10. The fraction of sp³-hybridized carbons (Fsp3) is 0.160. The number of rotatable bonds is 9. The number of aliphatic hydroxyl groups is 1. The Hall–Kier alpha value is -3.86. The Morgan fingerprint density at radius 3 is 2.75 bits per heavy atom. The molecule has 0 unspecified atom stereocenters. The van der Waals surface area contributed by atoms with Crippen LogP contribution in [0.2, 0.25) is 5.02 Å². The topological polar surface area (TPSA) is 136 Å². The molecule has 0 radical (unpaired) electrons. The van der Waals surface area contributed by atoms with Gasteiger partial charge in [-0.15, -0.1) is 11.3 Å². The maximum atomic E-state index is 12.5. The molecule has 11 heteroatoms. The molecule has 2 amide bonds. The first-order valence-corrected chi connectivity index (χ1v) is 12.2. The van der Waals surface area contributed by atoms with E-state index in [1.165, 1.54) is 17.5 Å². The minimum Gasteiger partial charge on any atom is -0.489 e. The molecule has 0 aliphatic heterocycles. The molecule has 0 aliphatic rings. The molecule has 2 aromatic carbocycles. The summed E-state index contributed by atoms with van der Waals surface area (Å²) in [5.74, 6) is 0.857. The first-order valence-electron chi connectivity index (χ1n) is 11.0. The molecular formula is C25H23ClN4O5S. The van der Waals surface area contributed by atoms with E-state index in [1.807, 2.05) is 5.38 Å². The van der Waals surface area contributed by atoms with Gasteiger partial charge in [0.05, 0.1) is 10.9 Å². The molecule has 2 heterocycles. The molecule has 0 bridgehead atoms. The number of anilines is 2. The van der Waals surface area contributed by atoms with Gasteiger partial charge in [-0.2, -0.15) is 0 Å². The zero-order valence-corrected chi connectivity index (χ0v) is 20.6. The SMILES string of the molecule is Nc1ncc(OC(=O)NCCCO)c2scc(COc3cccc(NC(=O)c4ccc(Cl)cc4)c3)c12. The number of halogens is 1. The Bertz CT molecular complexity index is 1380. The summed E-state index contributed by atoms with van der Waals surface area (Å²) < 4.78 is 12.0. The van der Waals surface area contributed by atoms with Crippen LogP contribution in [0.1, 0.15) is 22.3 Å². The van der Waals surface area contributed by atoms with Gasteiger partial charge in [-0.1, -0.05) is 17.7 Å². The fourth-order valence-electron chi connectivity index (χ4n) is 3.32. The third kappa shape index (κ3) is 6.22. The molecule has 0 aliphatic carbocycles. The number of pyridine rings is 1. The van der Waals surface area contributed by atoms with Crippen LogP contribution in [0.15, 0.2) is 60.1 Å². The van der Waals surface area contributed by atoms with Crippen LogP contribution in [0.25, 0.3) is 10.1 Å². The van der Waals surface area contributed by atoms with Crippen LogP contribution in [0.3, 0.4) is 0 Å². The van der Waals surface area contributed by atoms with Gasteiger partial charge in [0.25, 0.3) is 5.91 Å². The van der Waals surface area contributed by atoms with Gasteiger partial charge < -0.3 is 30.9 Å². The molecule has 5 N–H and O–H groups in total. The molecule has 0 fully saturated rings. The van der Waals surface area contributed by atoms with Gasteiger partial charge in [-0.05, 0) is 48.2 Å². The molecule has 9 nitrogen and oxygen atoms in total. The Labute approximate surface area is 215 Å². The molecule has 2 aromatic heterocycles. The Morgan fingerprint density at radius 2 is 1.97 bits per heavy atom. The van der Waals surface area contributed by atoms with Crippen LogP contribution >= 0.6 is 22.9 Å². The number of hydrogen-bond donors (Lipinski definition) is 4. The molecule has 4 rings (SSSR count). The Kier molecular flexibility index (Phi) is 8.21. The van der Waals surface area contributed by atoms with Gasteiger partial charge >= 0.3 is 6.09 Å². The fourth-order valence-corrected chi connectivity index (χ4v) is 4.46. The van der Waals surface area contributed by atoms with Crippen LogP contribution < -0.4 is 25.8 Å². The number of nitrogen functional groups attached to an aromatic ring is 1. The van der Waals surface area contributed by atoms with Crippen molar-refractivity contribution in [3.8, 4) is 11.5 Å². The number of nitrogens with two attached hydrogens (primary N) is 1. The average molecular weight is 527 g/mol. The summed E-state index contributed by atoms with van der Waals surface area (Å²) in [6.45, 7) is 0.454. The number of nitrogens with one attached hydrogen (secondary N) is 2. The van der Waals surface area contributed by atoms with Crippen LogP contribution in [-0.4, -0.2) is 35.2 Å². The van der Waals surface area contributed by atoms with E-state index >= 15 is 0 Å². The van der Waals surface area contributed by atoms with Crippen molar-refractivity contribution in [2.75, 3.05) is 24.2 Å². The van der Waals surface area contributed by atoms with Gasteiger partial charge in [-0.25, -0.2) is 9.78 Å². The second kappa shape index (κ2) is 11.7. The molecule has 0 saturated heterocycles. The van der Waals surface area contributed by atoms with Crippen molar-refractivity contribution in [2.24, 2.45) is 0 Å². The van der Waals surface area contributed by atoms with E-state index in [-0.39, 0.29) is 24.9 Å². The van der Waals surface area contributed by atoms with Crippen molar-refractivity contribution in [1.82, 2.24) is 10.3 Å². The van der Waals surface area contributed by atoms with Gasteiger partial charge in [0.15, 0.2) is 5.75 Å². The number of fused-ring (bicyclic) bond motifs is 1. The summed E-state index contributed by atoms with van der Waals surface area (Å²) in [5, 5.41) is 17.3. The minimum absolute atomic E-state index is 0.0279. The van der Waals surface area contributed by atoms with Crippen molar-refractivity contribution in [2.45, 2.75) is 13.0 Å². The van der Waals surface area contributed by atoms with Crippen molar-refractivity contribution in [3.63, 3.8) is 0 Å². The molecule has 0 saturated carbocycles. The summed E-state index contributed by atoms with van der Waals surface area (Å²) in [6.07, 6.45) is 1.19. The first kappa shape index (κ1) is 25.2. The number of aromatic nitrogens is 1. The number of amides is 2. The number of aliphatic hydroxyl groups excluding tert-OH is 1. The molecule has 0 atom stereocenters. The van der Waals surface area contributed by atoms with Gasteiger partial charge in [0.2, 0.25) is 0 Å². The zero-order chi connectivity index (χ0) is 25.5. The summed E-state index contributed by atoms with van der Waals surface area (Å²) in [7, 11) is 0. The van der Waals surface area contributed by atoms with Crippen LogP contribution in [0.5, 0.6) is 11.5 Å². The number of benzene rings is 2. The van der Waals surface area contributed by atoms with E-state index in [1.54, 1.807) is 48.5 Å². The summed E-state index contributed by atoms with van der Waals surface area (Å²) in [6, 6.07) is 13.6. The highest BCUT2D eigenvalue weighted by atomic mass is 35.5. The number of thiophene rings is 1. The molecule has 186 valence electrons. The van der Waals surface area contributed by atoms with Crippen molar-refractivity contribution >= 4 is 56.5 Å². The van der Waals surface area contributed by atoms with Crippen molar-refractivity contribution in [3.05, 3.63) is 76.3 Å². The van der Waals surface area contributed by atoms with Crippen LogP contribution in [0.4, 0.5) is 16.3 Å². The largest absolute Gasteiger partial charge is 0.489 e. The molecular weight excluding hydrogens is 504 g/mol. The first-order chi connectivity index (χ1) is 17.4. The summed E-state index contributed by atoms with van der Waals surface area (Å²) >= 11 is 7.24. The number of nitrogens with zero attached hydrogens (tertiary/aromatic N) is 1. The maximum absolute atomic E-state index is 12.5. The lowest BCUT2D eigenvalue weighted by molar-refractivity contribution is 0.102. The highest BCUT2D eigenvalue weighted by Crippen LogP contribution is 2.37. The average Bonchev–Trinajstić information content (AvgIpc) is 3.30. The summed E-state index contributed by atoms with van der Waals surface area (Å²) in [4.78, 5) is 28.7. The van der Waals surface area contributed by atoms with E-state index in [4.69, 9.17) is 31.9 Å². The van der Waals surface area contributed by atoms with Gasteiger partial charge in [-0.3, -0.25) is 4.79 Å². The quantitative estimate of drug-likeness (QED) is 0.229. The highest BCUT2D eigenvalue weighted by molar-refractivity contribution is 7.17. The van der Waals surface area contributed by atoms with E-state index in [9.17, 15) is 9.59 Å². The summed E-state index contributed by atoms with van der Waals surface area (Å²) in [5.41, 5.74) is 7.95. The standard InChI is InChI=1S/C25H23ClN4O5S/c26-17-7-5-15(6-8-17)24(32)30-18-3-1-4-19(11-18)34-13-16-14-36-22-20(12-29-23(27)21(16)22)35-25(33)28-9-2-10-31/h1,3-8,11-12,14,31H,2,9-10,13H2,(H2,27,29)(H,28,33)(H,30,32). The van der Waals surface area contributed by atoms with Crippen molar-refractivity contribution in [1.29, 1.82) is 0 Å². The Balaban J connectivity index is 1.44. The minimum atomic E-state index is -0.639. The maximum Gasteiger partial charge on any atom is 0.412 e.